The first-order chi connectivity index (χ1) is 10.9. The SMILES string of the molecule is Cc1nc(Cl)ncc1OC[C@@]1(C2C=CC=C(F)C2)C[C@H]1C(=O)O. The van der Waals surface area contributed by atoms with E-state index in [1.165, 1.54) is 12.3 Å². The summed E-state index contributed by atoms with van der Waals surface area (Å²) in [4.78, 5) is 19.3. The van der Waals surface area contributed by atoms with Gasteiger partial charge in [-0.15, -0.1) is 0 Å². The Morgan fingerprint density at radius 1 is 1.61 bits per heavy atom. The average Bonchev–Trinajstić information content (AvgIpc) is 3.23. The molecule has 2 aliphatic carbocycles. The molecule has 0 bridgehead atoms. The number of aliphatic carboxylic acids is 1. The number of hydrogen-bond donors (Lipinski definition) is 1. The van der Waals surface area contributed by atoms with Crippen LogP contribution in [0.5, 0.6) is 5.75 Å². The molecular formula is C16H16ClFN2O3. The highest BCUT2D eigenvalue weighted by molar-refractivity contribution is 6.28. The highest BCUT2D eigenvalue weighted by Gasteiger charge is 2.63. The molecule has 3 rings (SSSR count). The van der Waals surface area contributed by atoms with Gasteiger partial charge < -0.3 is 9.84 Å². The highest BCUT2D eigenvalue weighted by atomic mass is 35.5. The van der Waals surface area contributed by atoms with Gasteiger partial charge in [-0.2, -0.15) is 0 Å². The van der Waals surface area contributed by atoms with E-state index in [1.54, 1.807) is 13.0 Å². The molecular weight excluding hydrogens is 323 g/mol. The van der Waals surface area contributed by atoms with Crippen molar-refractivity contribution in [3.8, 4) is 5.75 Å². The second-order valence-electron chi connectivity index (χ2n) is 6.01. The van der Waals surface area contributed by atoms with Crippen molar-refractivity contribution in [3.05, 3.63) is 41.2 Å². The van der Waals surface area contributed by atoms with E-state index in [2.05, 4.69) is 9.97 Å². The monoisotopic (exact) mass is 338 g/mol. The van der Waals surface area contributed by atoms with Crippen molar-refractivity contribution in [3.63, 3.8) is 0 Å². The second-order valence-corrected chi connectivity index (χ2v) is 6.35. The van der Waals surface area contributed by atoms with Gasteiger partial charge in [0.15, 0.2) is 5.75 Å². The van der Waals surface area contributed by atoms with Gasteiger partial charge in [0.1, 0.15) is 5.83 Å². The zero-order valence-electron chi connectivity index (χ0n) is 12.5. The molecule has 1 aromatic rings. The van der Waals surface area contributed by atoms with E-state index in [9.17, 15) is 14.3 Å². The van der Waals surface area contributed by atoms with Gasteiger partial charge >= 0.3 is 5.97 Å². The summed E-state index contributed by atoms with van der Waals surface area (Å²) < 4.78 is 19.3. The lowest BCUT2D eigenvalue weighted by Crippen LogP contribution is -2.28. The summed E-state index contributed by atoms with van der Waals surface area (Å²) in [5, 5.41) is 9.47. The predicted molar refractivity (Wildman–Crippen MR) is 81.9 cm³/mol. The summed E-state index contributed by atoms with van der Waals surface area (Å²) in [6.45, 7) is 1.91. The zero-order chi connectivity index (χ0) is 16.6. The van der Waals surface area contributed by atoms with Gasteiger partial charge in [-0.1, -0.05) is 12.2 Å². The number of ether oxygens (including phenoxy) is 1. The first-order valence-corrected chi connectivity index (χ1v) is 7.68. The number of aromatic nitrogens is 2. The Labute approximate surface area is 137 Å². The van der Waals surface area contributed by atoms with E-state index in [4.69, 9.17) is 16.3 Å². The van der Waals surface area contributed by atoms with Crippen LogP contribution in [0.15, 0.2) is 30.3 Å². The smallest absolute Gasteiger partial charge is 0.307 e. The van der Waals surface area contributed by atoms with Crippen molar-refractivity contribution >= 4 is 17.6 Å². The number of carboxylic acids is 1. The summed E-state index contributed by atoms with van der Waals surface area (Å²) in [6.07, 6.45) is 7.05. The molecule has 23 heavy (non-hydrogen) atoms. The molecule has 1 N–H and O–H groups in total. The van der Waals surface area contributed by atoms with Crippen molar-refractivity contribution in [1.82, 2.24) is 9.97 Å². The topological polar surface area (TPSA) is 72.3 Å². The first-order valence-electron chi connectivity index (χ1n) is 7.30. The molecule has 0 saturated heterocycles. The minimum absolute atomic E-state index is 0.127. The van der Waals surface area contributed by atoms with Gasteiger partial charge in [-0.3, -0.25) is 4.79 Å². The van der Waals surface area contributed by atoms with E-state index in [0.717, 1.165) is 0 Å². The van der Waals surface area contributed by atoms with Gasteiger partial charge in [0.25, 0.3) is 0 Å². The molecule has 0 radical (unpaired) electrons. The van der Waals surface area contributed by atoms with Gasteiger partial charge in [0.05, 0.1) is 24.4 Å². The molecule has 3 atom stereocenters. The molecule has 7 heteroatoms. The quantitative estimate of drug-likeness (QED) is 0.834. The van der Waals surface area contributed by atoms with Gasteiger partial charge in [-0.05, 0) is 36.9 Å². The normalized spacial score (nSPS) is 29.1. The fourth-order valence-corrected chi connectivity index (χ4v) is 3.32. The molecule has 0 amide bonds. The number of halogens is 2. The number of rotatable bonds is 5. The largest absolute Gasteiger partial charge is 0.489 e. The number of carbonyl (C=O) groups is 1. The van der Waals surface area contributed by atoms with Crippen molar-refractivity contribution in [2.75, 3.05) is 6.61 Å². The number of carboxylic acid groups (broad SMARTS) is 1. The third-order valence-electron chi connectivity index (χ3n) is 4.59. The molecule has 0 spiro atoms. The van der Waals surface area contributed by atoms with Gasteiger partial charge in [0, 0.05) is 11.8 Å². The Kier molecular flexibility index (Phi) is 4.10. The Bertz CT molecular complexity index is 707. The van der Waals surface area contributed by atoms with Crippen LogP contribution in [0.1, 0.15) is 18.5 Å². The molecule has 1 aromatic heterocycles. The predicted octanol–water partition coefficient (Wildman–Crippen LogP) is 3.34. The summed E-state index contributed by atoms with van der Waals surface area (Å²) in [6, 6.07) is 0. The van der Waals surface area contributed by atoms with Crippen LogP contribution in [0.3, 0.4) is 0 Å². The van der Waals surface area contributed by atoms with Crippen LogP contribution < -0.4 is 4.74 Å². The summed E-state index contributed by atoms with van der Waals surface area (Å²) in [5.41, 5.74) is -0.0158. The van der Waals surface area contributed by atoms with E-state index < -0.39 is 17.3 Å². The van der Waals surface area contributed by atoms with E-state index >= 15 is 0 Å². The van der Waals surface area contributed by atoms with Crippen molar-refractivity contribution < 1.29 is 19.0 Å². The second kappa shape index (κ2) is 5.92. The fraction of sp³-hybridized carbons (Fsp3) is 0.438. The van der Waals surface area contributed by atoms with Crippen LogP contribution in [0.4, 0.5) is 4.39 Å². The van der Waals surface area contributed by atoms with Crippen LogP contribution in [0.2, 0.25) is 5.28 Å². The van der Waals surface area contributed by atoms with E-state index in [0.29, 0.717) is 17.9 Å². The third-order valence-corrected chi connectivity index (χ3v) is 4.77. The van der Waals surface area contributed by atoms with E-state index in [1.807, 2.05) is 6.08 Å². The van der Waals surface area contributed by atoms with E-state index in [-0.39, 0.29) is 30.1 Å². The van der Waals surface area contributed by atoms with Crippen molar-refractivity contribution in [2.45, 2.75) is 19.8 Å². The lowest BCUT2D eigenvalue weighted by Gasteiger charge is -2.26. The third kappa shape index (κ3) is 3.08. The van der Waals surface area contributed by atoms with Crippen molar-refractivity contribution in [2.24, 2.45) is 17.3 Å². The van der Waals surface area contributed by atoms with Crippen LogP contribution in [-0.2, 0) is 4.79 Å². The number of nitrogens with zero attached hydrogens (tertiary/aromatic N) is 2. The molecule has 0 aliphatic heterocycles. The maximum Gasteiger partial charge on any atom is 0.307 e. The molecule has 122 valence electrons. The van der Waals surface area contributed by atoms with Gasteiger partial charge in [0.2, 0.25) is 5.28 Å². The first kappa shape index (κ1) is 15.9. The number of aryl methyl sites for hydroxylation is 1. The molecule has 1 heterocycles. The Hall–Kier alpha value is -1.95. The Morgan fingerprint density at radius 3 is 3.00 bits per heavy atom. The molecule has 2 aliphatic rings. The zero-order valence-corrected chi connectivity index (χ0v) is 13.3. The molecule has 1 fully saturated rings. The maximum atomic E-state index is 13.6. The number of hydrogen-bond acceptors (Lipinski definition) is 4. The van der Waals surface area contributed by atoms with Crippen LogP contribution in [-0.4, -0.2) is 27.7 Å². The number of allylic oxidation sites excluding steroid dienone is 4. The highest BCUT2D eigenvalue weighted by Crippen LogP contribution is 2.60. The van der Waals surface area contributed by atoms with Crippen LogP contribution in [0.25, 0.3) is 0 Å². The Morgan fingerprint density at radius 2 is 2.39 bits per heavy atom. The molecule has 5 nitrogen and oxygen atoms in total. The summed E-state index contributed by atoms with van der Waals surface area (Å²) in [7, 11) is 0. The lowest BCUT2D eigenvalue weighted by molar-refractivity contribution is -0.140. The molecule has 1 saturated carbocycles. The minimum atomic E-state index is -0.874. The lowest BCUT2D eigenvalue weighted by atomic mass is 9.82. The average molecular weight is 339 g/mol. The maximum absolute atomic E-state index is 13.6. The molecule has 1 unspecified atom stereocenters. The summed E-state index contributed by atoms with van der Waals surface area (Å²) in [5.74, 6) is -1.38. The fourth-order valence-electron chi connectivity index (χ4n) is 3.15. The molecule has 0 aromatic carbocycles. The van der Waals surface area contributed by atoms with Crippen LogP contribution in [0, 0.1) is 24.2 Å². The van der Waals surface area contributed by atoms with Gasteiger partial charge in [-0.25, -0.2) is 14.4 Å². The summed E-state index contributed by atoms with van der Waals surface area (Å²) >= 11 is 5.71. The Balaban J connectivity index is 1.77. The van der Waals surface area contributed by atoms with Crippen LogP contribution >= 0.6 is 11.6 Å². The standard InChI is InChI=1S/C16H16ClFN2O3/c1-9-13(7-19-15(17)20-9)23-8-16(6-12(16)14(21)22)10-3-2-4-11(18)5-10/h2-4,7,10,12H,5-6,8H2,1H3,(H,21,22)/t10?,12-,16+/m0/s1. The minimum Gasteiger partial charge on any atom is -0.489 e. The van der Waals surface area contributed by atoms with Crippen molar-refractivity contribution in [1.29, 1.82) is 0 Å².